The van der Waals surface area contributed by atoms with Crippen molar-refractivity contribution in [2.45, 2.75) is 30.9 Å². The molecule has 0 atom stereocenters. The van der Waals surface area contributed by atoms with Gasteiger partial charge in [0.2, 0.25) is 0 Å². The number of nitrogen functional groups attached to an aromatic ring is 1. The van der Waals surface area contributed by atoms with Gasteiger partial charge in [-0.3, -0.25) is 4.79 Å². The van der Waals surface area contributed by atoms with Crippen LogP contribution in [0.4, 0.5) is 5.82 Å². The van der Waals surface area contributed by atoms with Crippen LogP contribution in [0.25, 0.3) is 0 Å². The standard InChI is InChI=1S/C13H19N3OS/c1-9-6-10(7-11(14)16-9)12(17)15-8-13(18-2)4-3-5-13/h6-7H,3-5,8H2,1-2H3,(H2,14,16)(H,15,17). The number of hydrogen-bond donors (Lipinski definition) is 2. The second kappa shape index (κ2) is 5.18. The number of anilines is 1. The Balaban J connectivity index is 1.99. The Bertz CT molecular complexity index is 432. The molecule has 0 aliphatic heterocycles. The second-order valence-electron chi connectivity index (χ2n) is 4.85. The molecule has 1 fully saturated rings. The van der Waals surface area contributed by atoms with E-state index in [9.17, 15) is 4.79 Å². The van der Waals surface area contributed by atoms with E-state index >= 15 is 0 Å². The quantitative estimate of drug-likeness (QED) is 0.873. The average molecular weight is 265 g/mol. The van der Waals surface area contributed by atoms with E-state index in [1.165, 1.54) is 19.3 Å². The van der Waals surface area contributed by atoms with Crippen LogP contribution in [0.5, 0.6) is 0 Å². The monoisotopic (exact) mass is 265 g/mol. The summed E-state index contributed by atoms with van der Waals surface area (Å²) < 4.78 is 0.253. The molecule has 1 amide bonds. The molecular weight excluding hydrogens is 246 g/mol. The molecular formula is C13H19N3OS. The Morgan fingerprint density at radius 3 is 2.78 bits per heavy atom. The van der Waals surface area contributed by atoms with E-state index in [0.29, 0.717) is 11.4 Å². The Labute approximate surface area is 112 Å². The van der Waals surface area contributed by atoms with Gasteiger partial charge in [-0.1, -0.05) is 6.42 Å². The third kappa shape index (κ3) is 2.77. The van der Waals surface area contributed by atoms with Crippen LogP contribution in [0.15, 0.2) is 12.1 Å². The summed E-state index contributed by atoms with van der Waals surface area (Å²) in [4.78, 5) is 16.1. The molecule has 1 aromatic heterocycles. The van der Waals surface area contributed by atoms with Crippen molar-refractivity contribution in [2.75, 3.05) is 18.5 Å². The zero-order valence-electron chi connectivity index (χ0n) is 10.8. The Morgan fingerprint density at radius 2 is 2.28 bits per heavy atom. The van der Waals surface area contributed by atoms with Gasteiger partial charge in [-0.2, -0.15) is 11.8 Å². The molecule has 1 aliphatic carbocycles. The van der Waals surface area contributed by atoms with E-state index < -0.39 is 0 Å². The fourth-order valence-electron chi connectivity index (χ4n) is 2.19. The van der Waals surface area contributed by atoms with Gasteiger partial charge in [-0.05, 0) is 38.2 Å². The first-order valence-corrected chi connectivity index (χ1v) is 7.35. The van der Waals surface area contributed by atoms with Gasteiger partial charge in [-0.15, -0.1) is 0 Å². The molecule has 0 bridgehead atoms. The molecule has 1 saturated carbocycles. The van der Waals surface area contributed by atoms with Crippen molar-refractivity contribution in [1.82, 2.24) is 10.3 Å². The third-order valence-electron chi connectivity index (χ3n) is 3.50. The van der Waals surface area contributed by atoms with Crippen molar-refractivity contribution >= 4 is 23.5 Å². The highest BCUT2D eigenvalue weighted by Crippen LogP contribution is 2.42. The van der Waals surface area contributed by atoms with Crippen LogP contribution in [0.3, 0.4) is 0 Å². The number of nitrogens with two attached hydrogens (primary N) is 1. The summed E-state index contributed by atoms with van der Waals surface area (Å²) in [6.45, 7) is 2.57. The fourth-order valence-corrected chi connectivity index (χ4v) is 3.11. The number of carbonyl (C=O) groups excluding carboxylic acids is 1. The van der Waals surface area contributed by atoms with Gasteiger partial charge in [-0.25, -0.2) is 4.98 Å². The van der Waals surface area contributed by atoms with E-state index in [2.05, 4.69) is 16.6 Å². The zero-order chi connectivity index (χ0) is 13.2. The van der Waals surface area contributed by atoms with Gasteiger partial charge in [0.05, 0.1) is 0 Å². The molecule has 0 aromatic carbocycles. The fraction of sp³-hybridized carbons (Fsp3) is 0.538. The highest BCUT2D eigenvalue weighted by molar-refractivity contribution is 8.00. The average Bonchev–Trinajstić information content (AvgIpc) is 2.26. The maximum absolute atomic E-state index is 12.0. The number of aromatic nitrogens is 1. The number of carbonyl (C=O) groups is 1. The third-order valence-corrected chi connectivity index (χ3v) is 4.92. The van der Waals surface area contributed by atoms with Crippen molar-refractivity contribution in [1.29, 1.82) is 0 Å². The number of thioether (sulfide) groups is 1. The van der Waals surface area contributed by atoms with E-state index in [0.717, 1.165) is 12.2 Å². The summed E-state index contributed by atoms with van der Waals surface area (Å²) in [5.74, 6) is 0.330. The van der Waals surface area contributed by atoms with Gasteiger partial charge in [0.25, 0.3) is 5.91 Å². The number of nitrogens with zero attached hydrogens (tertiary/aromatic N) is 1. The first-order valence-electron chi connectivity index (χ1n) is 6.12. The van der Waals surface area contributed by atoms with Crippen molar-refractivity contribution < 1.29 is 4.79 Å². The maximum atomic E-state index is 12.0. The predicted molar refractivity (Wildman–Crippen MR) is 75.8 cm³/mol. The molecule has 0 radical (unpaired) electrons. The minimum Gasteiger partial charge on any atom is -0.384 e. The smallest absolute Gasteiger partial charge is 0.251 e. The predicted octanol–water partition coefficient (Wildman–Crippen LogP) is 1.99. The Kier molecular flexibility index (Phi) is 3.80. The zero-order valence-corrected chi connectivity index (χ0v) is 11.6. The highest BCUT2D eigenvalue weighted by atomic mass is 32.2. The molecule has 1 aliphatic rings. The van der Waals surface area contributed by atoms with E-state index in [1.807, 2.05) is 18.7 Å². The SMILES string of the molecule is CSC1(CNC(=O)c2cc(C)nc(N)c2)CCC1. The van der Waals surface area contributed by atoms with Crippen LogP contribution >= 0.6 is 11.8 Å². The van der Waals surface area contributed by atoms with Crippen LogP contribution in [0, 0.1) is 6.92 Å². The van der Waals surface area contributed by atoms with E-state index in [1.54, 1.807) is 12.1 Å². The second-order valence-corrected chi connectivity index (χ2v) is 6.12. The number of nitrogens with one attached hydrogen (secondary N) is 1. The topological polar surface area (TPSA) is 68.0 Å². The summed E-state index contributed by atoms with van der Waals surface area (Å²) in [5.41, 5.74) is 7.01. The summed E-state index contributed by atoms with van der Waals surface area (Å²) in [6, 6.07) is 3.38. The summed E-state index contributed by atoms with van der Waals surface area (Å²) in [6.07, 6.45) is 5.75. The normalized spacial score (nSPS) is 17.0. The lowest BCUT2D eigenvalue weighted by atomic mass is 9.84. The minimum absolute atomic E-state index is 0.0625. The number of amides is 1. The molecule has 2 rings (SSSR count). The molecule has 0 unspecified atom stereocenters. The first kappa shape index (κ1) is 13.2. The number of hydrogen-bond acceptors (Lipinski definition) is 4. The van der Waals surface area contributed by atoms with Crippen LogP contribution in [-0.2, 0) is 0 Å². The van der Waals surface area contributed by atoms with Crippen LogP contribution < -0.4 is 11.1 Å². The molecule has 4 nitrogen and oxygen atoms in total. The lowest BCUT2D eigenvalue weighted by Crippen LogP contribution is -2.45. The van der Waals surface area contributed by atoms with Crippen LogP contribution in [0.1, 0.15) is 35.3 Å². The minimum atomic E-state index is -0.0625. The van der Waals surface area contributed by atoms with Crippen LogP contribution in [-0.4, -0.2) is 28.4 Å². The lowest BCUT2D eigenvalue weighted by molar-refractivity contribution is 0.0943. The van der Waals surface area contributed by atoms with Crippen molar-refractivity contribution in [3.63, 3.8) is 0 Å². The first-order chi connectivity index (χ1) is 8.54. The summed E-state index contributed by atoms with van der Waals surface area (Å²) >= 11 is 1.85. The molecule has 5 heteroatoms. The maximum Gasteiger partial charge on any atom is 0.251 e. The van der Waals surface area contributed by atoms with Gasteiger partial charge in [0.1, 0.15) is 5.82 Å². The van der Waals surface area contributed by atoms with E-state index in [4.69, 9.17) is 5.73 Å². The van der Waals surface area contributed by atoms with Crippen molar-refractivity contribution in [2.24, 2.45) is 0 Å². The summed E-state index contributed by atoms with van der Waals surface area (Å²) in [7, 11) is 0. The Morgan fingerprint density at radius 1 is 1.56 bits per heavy atom. The van der Waals surface area contributed by atoms with Crippen LogP contribution in [0.2, 0.25) is 0 Å². The number of aryl methyl sites for hydroxylation is 1. The van der Waals surface area contributed by atoms with Gasteiger partial charge >= 0.3 is 0 Å². The van der Waals surface area contributed by atoms with Crippen molar-refractivity contribution in [3.05, 3.63) is 23.4 Å². The highest BCUT2D eigenvalue weighted by Gasteiger charge is 2.36. The molecule has 1 heterocycles. The van der Waals surface area contributed by atoms with Gasteiger partial charge < -0.3 is 11.1 Å². The molecule has 0 spiro atoms. The lowest BCUT2D eigenvalue weighted by Gasteiger charge is -2.40. The summed E-state index contributed by atoms with van der Waals surface area (Å²) in [5, 5.41) is 3.00. The van der Waals surface area contributed by atoms with Gasteiger partial charge in [0.15, 0.2) is 0 Å². The van der Waals surface area contributed by atoms with Gasteiger partial charge in [0, 0.05) is 22.5 Å². The molecule has 1 aromatic rings. The Hall–Kier alpha value is -1.23. The molecule has 98 valence electrons. The van der Waals surface area contributed by atoms with Crippen molar-refractivity contribution in [3.8, 4) is 0 Å². The largest absolute Gasteiger partial charge is 0.384 e. The molecule has 18 heavy (non-hydrogen) atoms. The molecule has 0 saturated heterocycles. The number of rotatable bonds is 4. The molecule has 3 N–H and O–H groups in total. The van der Waals surface area contributed by atoms with E-state index in [-0.39, 0.29) is 10.7 Å². The number of pyridine rings is 1.